The molecule has 0 aromatic carbocycles. The minimum atomic E-state index is -0.460. The Kier molecular flexibility index (Phi) is 15.5. The summed E-state index contributed by atoms with van der Waals surface area (Å²) < 4.78 is 16.0. The van der Waals surface area contributed by atoms with Crippen molar-refractivity contribution in [3.63, 3.8) is 0 Å². The SMILES string of the molecule is CCNC(=NCCOCCOC)N1CCC(CN(CC)C(=O)OC(C)(C)C)CC1.I. The summed E-state index contributed by atoms with van der Waals surface area (Å²) in [4.78, 5) is 21.2. The fraction of sp³-hybridized carbons (Fsp3) is 0.905. The molecule has 9 heteroatoms. The van der Waals surface area contributed by atoms with E-state index in [0.29, 0.717) is 38.8 Å². The Morgan fingerprint density at radius 3 is 2.37 bits per heavy atom. The summed E-state index contributed by atoms with van der Waals surface area (Å²) in [7, 11) is 1.67. The van der Waals surface area contributed by atoms with Crippen LogP contribution in [0.3, 0.4) is 0 Å². The molecule has 1 fully saturated rings. The summed E-state index contributed by atoms with van der Waals surface area (Å²) in [6.07, 6.45) is 1.85. The van der Waals surface area contributed by atoms with Crippen LogP contribution in [0.1, 0.15) is 47.5 Å². The summed E-state index contributed by atoms with van der Waals surface area (Å²) in [6.45, 7) is 16.4. The van der Waals surface area contributed by atoms with E-state index in [-0.39, 0.29) is 30.1 Å². The lowest BCUT2D eigenvalue weighted by Gasteiger charge is -2.36. The number of hydrogen-bond acceptors (Lipinski definition) is 5. The van der Waals surface area contributed by atoms with E-state index in [4.69, 9.17) is 14.2 Å². The lowest BCUT2D eigenvalue weighted by atomic mass is 9.96. The lowest BCUT2D eigenvalue weighted by Crippen LogP contribution is -2.48. The second-order valence-electron chi connectivity index (χ2n) is 8.29. The molecule has 0 aromatic heterocycles. The Morgan fingerprint density at radius 1 is 1.17 bits per heavy atom. The minimum absolute atomic E-state index is 0. The van der Waals surface area contributed by atoms with Gasteiger partial charge in [-0.05, 0) is 53.4 Å². The fourth-order valence-electron chi connectivity index (χ4n) is 3.18. The predicted molar refractivity (Wildman–Crippen MR) is 132 cm³/mol. The second-order valence-corrected chi connectivity index (χ2v) is 8.29. The van der Waals surface area contributed by atoms with Gasteiger partial charge in [0.2, 0.25) is 0 Å². The number of nitrogens with zero attached hydrogens (tertiary/aromatic N) is 3. The third-order valence-corrected chi connectivity index (χ3v) is 4.69. The van der Waals surface area contributed by atoms with Crippen LogP contribution in [0.25, 0.3) is 0 Å². The van der Waals surface area contributed by atoms with E-state index in [9.17, 15) is 4.79 Å². The normalized spacial score (nSPS) is 15.5. The van der Waals surface area contributed by atoms with Crippen LogP contribution in [0.15, 0.2) is 4.99 Å². The van der Waals surface area contributed by atoms with Gasteiger partial charge in [0, 0.05) is 39.8 Å². The quantitative estimate of drug-likeness (QED) is 0.198. The lowest BCUT2D eigenvalue weighted by molar-refractivity contribution is 0.0214. The Morgan fingerprint density at radius 2 is 1.83 bits per heavy atom. The largest absolute Gasteiger partial charge is 0.444 e. The molecule has 178 valence electrons. The smallest absolute Gasteiger partial charge is 0.410 e. The molecule has 1 aliphatic heterocycles. The Labute approximate surface area is 200 Å². The molecule has 1 saturated heterocycles. The molecule has 8 nitrogen and oxygen atoms in total. The number of ether oxygens (including phenoxy) is 3. The van der Waals surface area contributed by atoms with Crippen LogP contribution in [0.5, 0.6) is 0 Å². The molecule has 1 aliphatic rings. The van der Waals surface area contributed by atoms with E-state index in [1.807, 2.05) is 32.6 Å². The van der Waals surface area contributed by atoms with E-state index in [0.717, 1.165) is 45.0 Å². The van der Waals surface area contributed by atoms with E-state index >= 15 is 0 Å². The molecule has 0 bridgehead atoms. The number of carbonyl (C=O) groups excluding carboxylic acids is 1. The number of rotatable bonds is 10. The Balaban J connectivity index is 0.00000841. The van der Waals surface area contributed by atoms with Crippen molar-refractivity contribution in [2.24, 2.45) is 10.9 Å². The summed E-state index contributed by atoms with van der Waals surface area (Å²) in [5.74, 6) is 1.43. The molecule has 1 N–H and O–H groups in total. The van der Waals surface area contributed by atoms with Gasteiger partial charge >= 0.3 is 6.09 Å². The topological polar surface area (TPSA) is 75.6 Å². The van der Waals surface area contributed by atoms with Gasteiger partial charge < -0.3 is 29.3 Å². The summed E-state index contributed by atoms with van der Waals surface area (Å²) >= 11 is 0. The maximum absolute atomic E-state index is 12.4. The van der Waals surface area contributed by atoms with Crippen molar-refractivity contribution in [2.75, 3.05) is 66.2 Å². The molecule has 0 aliphatic carbocycles. The zero-order valence-electron chi connectivity index (χ0n) is 19.7. The number of guanidine groups is 1. The number of likely N-dealkylation sites (tertiary alicyclic amines) is 1. The first-order chi connectivity index (χ1) is 13.8. The number of aliphatic imine (C=N–C) groups is 1. The zero-order valence-corrected chi connectivity index (χ0v) is 22.1. The highest BCUT2D eigenvalue weighted by Crippen LogP contribution is 2.20. The maximum Gasteiger partial charge on any atom is 0.410 e. The third-order valence-electron chi connectivity index (χ3n) is 4.69. The van der Waals surface area contributed by atoms with Crippen LogP contribution in [0.2, 0.25) is 0 Å². The van der Waals surface area contributed by atoms with E-state index in [1.165, 1.54) is 0 Å². The number of halogens is 1. The number of hydrogen-bond donors (Lipinski definition) is 1. The molecule has 0 spiro atoms. The summed E-state index contributed by atoms with van der Waals surface area (Å²) in [5.41, 5.74) is -0.460. The van der Waals surface area contributed by atoms with Gasteiger partial charge in [-0.1, -0.05) is 0 Å². The summed E-state index contributed by atoms with van der Waals surface area (Å²) in [5, 5.41) is 3.38. The van der Waals surface area contributed by atoms with Crippen molar-refractivity contribution in [1.82, 2.24) is 15.1 Å². The molecule has 1 heterocycles. The van der Waals surface area contributed by atoms with Crippen molar-refractivity contribution in [1.29, 1.82) is 0 Å². The molecule has 30 heavy (non-hydrogen) atoms. The maximum atomic E-state index is 12.4. The van der Waals surface area contributed by atoms with Crippen molar-refractivity contribution >= 4 is 36.0 Å². The van der Waals surface area contributed by atoms with Gasteiger partial charge in [-0.3, -0.25) is 4.99 Å². The number of amides is 1. The standard InChI is InChI=1S/C21H42N4O4.HI/c1-7-22-19(23-11-14-28-16-15-27-6)25-12-9-18(10-13-25)17-24(8-2)20(26)29-21(3,4)5;/h18H,7-17H2,1-6H3,(H,22,23);1H. The van der Waals surface area contributed by atoms with E-state index in [2.05, 4.69) is 22.1 Å². The molecular weight excluding hydrogens is 499 g/mol. The molecule has 1 amide bonds. The van der Waals surface area contributed by atoms with E-state index in [1.54, 1.807) is 7.11 Å². The van der Waals surface area contributed by atoms with Crippen molar-refractivity contribution < 1.29 is 19.0 Å². The van der Waals surface area contributed by atoms with Crippen LogP contribution in [-0.2, 0) is 14.2 Å². The van der Waals surface area contributed by atoms with Gasteiger partial charge in [0.15, 0.2) is 5.96 Å². The first-order valence-corrected chi connectivity index (χ1v) is 10.9. The molecule has 0 saturated carbocycles. The highest BCUT2D eigenvalue weighted by atomic mass is 127. The highest BCUT2D eigenvalue weighted by Gasteiger charge is 2.27. The van der Waals surface area contributed by atoms with Crippen LogP contribution in [-0.4, -0.2) is 93.7 Å². The molecule has 0 aromatic rings. The predicted octanol–water partition coefficient (Wildman–Crippen LogP) is 3.20. The van der Waals surface area contributed by atoms with Crippen molar-refractivity contribution in [3.05, 3.63) is 0 Å². The monoisotopic (exact) mass is 542 g/mol. The number of methoxy groups -OCH3 is 1. The number of nitrogens with one attached hydrogen (secondary N) is 1. The first-order valence-electron chi connectivity index (χ1n) is 10.9. The Bertz CT molecular complexity index is 492. The zero-order chi connectivity index (χ0) is 21.7. The number of carbonyl (C=O) groups is 1. The molecule has 0 radical (unpaired) electrons. The Hall–Kier alpha value is -0.810. The molecule has 1 rings (SSSR count). The molecule has 0 atom stereocenters. The first kappa shape index (κ1) is 29.2. The number of piperidine rings is 1. The van der Waals surface area contributed by atoms with Crippen molar-refractivity contribution in [2.45, 2.75) is 53.1 Å². The average Bonchev–Trinajstić information content (AvgIpc) is 2.67. The third kappa shape index (κ3) is 12.1. The van der Waals surface area contributed by atoms with Crippen LogP contribution >= 0.6 is 24.0 Å². The van der Waals surface area contributed by atoms with Gasteiger partial charge in [-0.15, -0.1) is 24.0 Å². The highest BCUT2D eigenvalue weighted by molar-refractivity contribution is 14.0. The van der Waals surface area contributed by atoms with Crippen LogP contribution in [0, 0.1) is 5.92 Å². The van der Waals surface area contributed by atoms with Crippen LogP contribution < -0.4 is 5.32 Å². The van der Waals surface area contributed by atoms with Gasteiger partial charge in [0.05, 0.1) is 26.4 Å². The molecule has 0 unspecified atom stereocenters. The van der Waals surface area contributed by atoms with Gasteiger partial charge in [-0.25, -0.2) is 4.79 Å². The van der Waals surface area contributed by atoms with Crippen molar-refractivity contribution in [3.8, 4) is 0 Å². The van der Waals surface area contributed by atoms with Gasteiger partial charge in [-0.2, -0.15) is 0 Å². The van der Waals surface area contributed by atoms with E-state index < -0.39 is 5.60 Å². The van der Waals surface area contributed by atoms with Crippen LogP contribution in [0.4, 0.5) is 4.79 Å². The van der Waals surface area contributed by atoms with Gasteiger partial charge in [0.1, 0.15) is 5.60 Å². The summed E-state index contributed by atoms with van der Waals surface area (Å²) in [6, 6.07) is 0. The second kappa shape index (κ2) is 15.9. The minimum Gasteiger partial charge on any atom is -0.444 e. The van der Waals surface area contributed by atoms with Gasteiger partial charge in [0.25, 0.3) is 0 Å². The molecular formula is C21H43IN4O4. The average molecular weight is 543 g/mol. The fourth-order valence-corrected chi connectivity index (χ4v) is 3.18.